The number of rotatable bonds is 5. The van der Waals surface area contributed by atoms with Crippen LogP contribution in [-0.4, -0.2) is 53.8 Å². The average molecular weight is 364 g/mol. The molecular formula is C16H29NO4S2. The van der Waals surface area contributed by atoms with Gasteiger partial charge in [-0.1, -0.05) is 20.8 Å². The molecule has 0 aromatic heterocycles. The van der Waals surface area contributed by atoms with Crippen LogP contribution in [-0.2, 0) is 19.0 Å². The summed E-state index contributed by atoms with van der Waals surface area (Å²) in [5.74, 6) is -0.0340. The van der Waals surface area contributed by atoms with E-state index < -0.39 is 0 Å². The summed E-state index contributed by atoms with van der Waals surface area (Å²) < 4.78 is 17.1. The van der Waals surface area contributed by atoms with Gasteiger partial charge in [-0.25, -0.2) is 0 Å². The fraction of sp³-hybridized carbons (Fsp3) is 0.938. The van der Waals surface area contributed by atoms with Crippen molar-refractivity contribution in [3.8, 4) is 0 Å². The molecule has 2 saturated heterocycles. The zero-order valence-corrected chi connectivity index (χ0v) is 16.1. The molecule has 2 aliphatic rings. The lowest BCUT2D eigenvalue weighted by atomic mass is 9.84. The smallest absolute Gasteiger partial charge is 0.323 e. The lowest BCUT2D eigenvalue weighted by molar-refractivity contribution is -0.258. The predicted octanol–water partition coefficient (Wildman–Crippen LogP) is 2.56. The first-order valence-corrected chi connectivity index (χ1v) is 9.44. The molecule has 23 heavy (non-hydrogen) atoms. The summed E-state index contributed by atoms with van der Waals surface area (Å²) in [4.78, 5) is 14.7. The zero-order chi connectivity index (χ0) is 17.1. The molecule has 6 unspecified atom stereocenters. The quantitative estimate of drug-likeness (QED) is 0.447. The van der Waals surface area contributed by atoms with Crippen LogP contribution in [0.4, 0.5) is 0 Å². The minimum Gasteiger partial charge on any atom is -0.460 e. The third kappa shape index (κ3) is 4.18. The monoisotopic (exact) mass is 363 g/mol. The van der Waals surface area contributed by atoms with E-state index in [-0.39, 0.29) is 47.1 Å². The van der Waals surface area contributed by atoms with Gasteiger partial charge in [0.05, 0.1) is 10.8 Å². The maximum atomic E-state index is 12.7. The summed E-state index contributed by atoms with van der Waals surface area (Å²) in [7, 11) is 1.63. The Hall–Kier alpha value is 0.0500. The SMILES string of the molecule is CCC1OC(OC)C(C)C(OC(=O)C2CCCN2C(S)S)C1C. The molecule has 0 radical (unpaired) electrons. The summed E-state index contributed by atoms with van der Waals surface area (Å²) in [6, 6.07) is -0.252. The number of likely N-dealkylation sites (tertiary alicyclic amines) is 1. The van der Waals surface area contributed by atoms with E-state index in [0.717, 1.165) is 25.8 Å². The third-order valence-electron chi connectivity index (χ3n) is 5.11. The van der Waals surface area contributed by atoms with E-state index in [1.54, 1.807) is 7.11 Å². The van der Waals surface area contributed by atoms with Gasteiger partial charge < -0.3 is 14.2 Å². The highest BCUT2D eigenvalue weighted by Crippen LogP contribution is 2.35. The summed E-state index contributed by atoms with van der Waals surface area (Å²) in [5, 5.41) is 0. The third-order valence-corrected chi connectivity index (χ3v) is 5.70. The van der Waals surface area contributed by atoms with Crippen LogP contribution in [0, 0.1) is 11.8 Å². The maximum absolute atomic E-state index is 12.7. The highest BCUT2D eigenvalue weighted by Gasteiger charge is 2.45. The van der Waals surface area contributed by atoms with Crippen LogP contribution in [0.25, 0.3) is 0 Å². The summed E-state index contributed by atoms with van der Waals surface area (Å²) >= 11 is 8.70. The largest absolute Gasteiger partial charge is 0.460 e. The van der Waals surface area contributed by atoms with Crippen molar-refractivity contribution in [1.29, 1.82) is 0 Å². The van der Waals surface area contributed by atoms with Crippen LogP contribution in [0.15, 0.2) is 0 Å². The minimum atomic E-state index is -0.337. The van der Waals surface area contributed by atoms with Crippen molar-refractivity contribution in [2.75, 3.05) is 13.7 Å². The van der Waals surface area contributed by atoms with Crippen molar-refractivity contribution in [2.45, 2.75) is 69.3 Å². The Kier molecular flexibility index (Phi) is 7.10. The van der Waals surface area contributed by atoms with Crippen molar-refractivity contribution in [1.82, 2.24) is 4.90 Å². The van der Waals surface area contributed by atoms with E-state index >= 15 is 0 Å². The highest BCUT2D eigenvalue weighted by atomic mass is 32.2. The van der Waals surface area contributed by atoms with Crippen molar-refractivity contribution in [2.24, 2.45) is 11.8 Å². The van der Waals surface area contributed by atoms with E-state index in [1.165, 1.54) is 0 Å². The standard InChI is InChI=1S/C16H29NO4S2/c1-5-12-9(2)13(10(3)15(19-4)20-12)21-14(18)11-7-6-8-17(11)16(22)23/h9-13,15-16,22-23H,5-8H2,1-4H3. The molecule has 0 saturated carbocycles. The van der Waals surface area contributed by atoms with Crippen LogP contribution in [0.2, 0.25) is 0 Å². The maximum Gasteiger partial charge on any atom is 0.323 e. The number of carbonyl (C=O) groups excluding carboxylic acids is 1. The van der Waals surface area contributed by atoms with E-state index in [0.29, 0.717) is 0 Å². The summed E-state index contributed by atoms with van der Waals surface area (Å²) in [6.07, 6.45) is 2.13. The number of esters is 1. The Morgan fingerprint density at radius 3 is 2.61 bits per heavy atom. The molecule has 7 heteroatoms. The zero-order valence-electron chi connectivity index (χ0n) is 14.3. The first-order chi connectivity index (χ1) is 10.9. The second-order valence-corrected chi connectivity index (χ2v) is 7.93. The van der Waals surface area contributed by atoms with Crippen molar-refractivity contribution in [3.63, 3.8) is 0 Å². The molecule has 5 nitrogen and oxygen atoms in total. The van der Waals surface area contributed by atoms with Gasteiger partial charge >= 0.3 is 5.97 Å². The number of ether oxygens (including phenoxy) is 3. The van der Waals surface area contributed by atoms with E-state index in [1.807, 2.05) is 11.8 Å². The van der Waals surface area contributed by atoms with Crippen LogP contribution < -0.4 is 0 Å². The fourth-order valence-corrected chi connectivity index (χ4v) is 4.30. The van der Waals surface area contributed by atoms with Gasteiger partial charge in [0.2, 0.25) is 0 Å². The second kappa shape index (κ2) is 8.43. The number of hydrogen-bond donors (Lipinski definition) is 2. The fourth-order valence-electron chi connectivity index (χ4n) is 3.75. The topological polar surface area (TPSA) is 48.0 Å². The number of thiol groups is 2. The van der Waals surface area contributed by atoms with Gasteiger partial charge in [0, 0.05) is 25.5 Å². The molecule has 0 aliphatic carbocycles. The molecule has 6 atom stereocenters. The second-order valence-electron chi connectivity index (χ2n) is 6.55. The van der Waals surface area contributed by atoms with E-state index in [2.05, 4.69) is 39.1 Å². The Morgan fingerprint density at radius 1 is 1.35 bits per heavy atom. The van der Waals surface area contributed by atoms with Gasteiger partial charge in [0.25, 0.3) is 0 Å². The van der Waals surface area contributed by atoms with Gasteiger partial charge in [-0.15, -0.1) is 25.3 Å². The Bertz CT molecular complexity index is 394. The number of carbonyl (C=O) groups is 1. The van der Waals surface area contributed by atoms with Crippen LogP contribution in [0.1, 0.15) is 40.0 Å². The molecule has 0 bridgehead atoms. The molecule has 2 heterocycles. The van der Waals surface area contributed by atoms with Crippen molar-refractivity contribution < 1.29 is 19.0 Å². The lowest BCUT2D eigenvalue weighted by Crippen LogP contribution is -2.52. The molecule has 0 aromatic rings. The van der Waals surface area contributed by atoms with Gasteiger partial charge in [-0.3, -0.25) is 9.69 Å². The van der Waals surface area contributed by atoms with Gasteiger partial charge in [-0.05, 0) is 19.3 Å². The number of methoxy groups -OCH3 is 1. The first kappa shape index (κ1) is 19.4. The predicted molar refractivity (Wildman–Crippen MR) is 95.7 cm³/mol. The van der Waals surface area contributed by atoms with Gasteiger partial charge in [-0.2, -0.15) is 0 Å². The number of hydrogen-bond acceptors (Lipinski definition) is 7. The minimum absolute atomic E-state index is 0.000553. The molecular weight excluding hydrogens is 334 g/mol. The van der Waals surface area contributed by atoms with Gasteiger partial charge in [0.15, 0.2) is 6.29 Å². The Morgan fingerprint density at radius 2 is 2.04 bits per heavy atom. The molecule has 134 valence electrons. The molecule has 2 fully saturated rings. The van der Waals surface area contributed by atoms with Crippen molar-refractivity contribution >= 4 is 31.2 Å². The number of nitrogens with zero attached hydrogens (tertiary/aromatic N) is 1. The Labute approximate surface area is 150 Å². The molecule has 2 rings (SSSR count). The van der Waals surface area contributed by atoms with Gasteiger partial charge in [0.1, 0.15) is 12.1 Å². The summed E-state index contributed by atoms with van der Waals surface area (Å²) in [6.45, 7) is 7.00. The molecule has 0 amide bonds. The van der Waals surface area contributed by atoms with E-state index in [4.69, 9.17) is 14.2 Å². The molecule has 0 spiro atoms. The van der Waals surface area contributed by atoms with E-state index in [9.17, 15) is 4.79 Å². The van der Waals surface area contributed by atoms with Crippen LogP contribution in [0.5, 0.6) is 0 Å². The molecule has 0 aromatic carbocycles. The molecule has 2 aliphatic heterocycles. The highest BCUT2D eigenvalue weighted by molar-refractivity contribution is 7.99. The Balaban J connectivity index is 2.08. The normalized spacial score (nSPS) is 38.9. The summed E-state index contributed by atoms with van der Waals surface area (Å²) in [5.41, 5.74) is 0. The lowest BCUT2D eigenvalue weighted by Gasteiger charge is -2.43. The van der Waals surface area contributed by atoms with Crippen molar-refractivity contribution in [3.05, 3.63) is 0 Å². The van der Waals surface area contributed by atoms with Crippen LogP contribution >= 0.6 is 25.3 Å². The average Bonchev–Trinajstić information content (AvgIpc) is 3.01. The molecule has 0 N–H and O–H groups in total. The first-order valence-electron chi connectivity index (χ1n) is 8.41. The van der Waals surface area contributed by atoms with Crippen LogP contribution in [0.3, 0.4) is 0 Å².